The van der Waals surface area contributed by atoms with Crippen LogP contribution < -0.4 is 10.6 Å². The molecule has 0 aliphatic rings. The number of carbonyl (C=O) groups is 2. The van der Waals surface area contributed by atoms with E-state index in [9.17, 15) is 22.8 Å². The van der Waals surface area contributed by atoms with Crippen molar-refractivity contribution < 1.29 is 22.8 Å². The Morgan fingerprint density at radius 1 is 1.28 bits per heavy atom. The summed E-state index contributed by atoms with van der Waals surface area (Å²) in [6.45, 7) is 4.88. The topological polar surface area (TPSA) is 71.1 Å². The largest absolute Gasteiger partial charge is 0.434 e. The third kappa shape index (κ3) is 4.90. The lowest BCUT2D eigenvalue weighted by molar-refractivity contribution is -0.140. The first-order valence-electron chi connectivity index (χ1n) is 7.07. The van der Waals surface area contributed by atoms with Crippen LogP contribution in [0.25, 0.3) is 0 Å². The maximum absolute atomic E-state index is 12.6. The summed E-state index contributed by atoms with van der Waals surface area (Å²) in [6.07, 6.45) is -3.39. The summed E-state index contributed by atoms with van der Waals surface area (Å²) >= 11 is 0.831. The fourth-order valence-electron chi connectivity index (χ4n) is 1.86. The van der Waals surface area contributed by atoms with E-state index in [4.69, 9.17) is 0 Å². The second-order valence-corrected chi connectivity index (χ2v) is 5.92. The molecule has 0 aliphatic carbocycles. The van der Waals surface area contributed by atoms with Gasteiger partial charge in [-0.15, -0.1) is 11.3 Å². The van der Waals surface area contributed by atoms with Crippen LogP contribution in [0.1, 0.15) is 34.0 Å². The van der Waals surface area contributed by atoms with Crippen molar-refractivity contribution in [2.75, 3.05) is 5.32 Å². The smallest absolute Gasteiger partial charge is 0.343 e. The van der Waals surface area contributed by atoms with Gasteiger partial charge in [-0.3, -0.25) is 9.59 Å². The molecule has 0 saturated heterocycles. The number of amides is 2. The predicted octanol–water partition coefficient (Wildman–Crippen LogP) is 3.78. The predicted molar refractivity (Wildman–Crippen MR) is 88.3 cm³/mol. The molecule has 2 aromatic rings. The lowest BCUT2D eigenvalue weighted by atomic mass is 10.2. The third-order valence-corrected chi connectivity index (χ3v) is 4.16. The van der Waals surface area contributed by atoms with Crippen molar-refractivity contribution in [1.82, 2.24) is 10.3 Å². The average Bonchev–Trinajstić information content (AvgIpc) is 3.05. The molecule has 2 amide bonds. The molecule has 1 aromatic heterocycles. The summed E-state index contributed by atoms with van der Waals surface area (Å²) in [5, 5.41) is 6.20. The van der Waals surface area contributed by atoms with Gasteiger partial charge < -0.3 is 10.6 Å². The maximum Gasteiger partial charge on any atom is 0.434 e. The minimum atomic E-state index is -4.51. The molecule has 9 heteroatoms. The Bertz CT molecular complexity index is 785. The van der Waals surface area contributed by atoms with Gasteiger partial charge in [-0.25, -0.2) is 4.98 Å². The van der Waals surface area contributed by atoms with Gasteiger partial charge in [-0.05, 0) is 37.3 Å². The van der Waals surface area contributed by atoms with Crippen LogP contribution in [0, 0.1) is 0 Å². The fraction of sp³-hybridized carbons (Fsp3) is 0.188. The summed E-state index contributed by atoms with van der Waals surface area (Å²) in [7, 11) is 0. The van der Waals surface area contributed by atoms with Gasteiger partial charge in [0, 0.05) is 16.6 Å². The lowest BCUT2D eigenvalue weighted by Crippen LogP contribution is -2.26. The van der Waals surface area contributed by atoms with Crippen molar-refractivity contribution in [2.24, 2.45) is 0 Å². The Morgan fingerprint density at radius 3 is 2.44 bits per heavy atom. The van der Waals surface area contributed by atoms with Crippen LogP contribution in [0.4, 0.5) is 18.9 Å². The molecule has 0 bridgehead atoms. The molecule has 0 radical (unpaired) electrons. The Kier molecular flexibility index (Phi) is 5.58. The highest BCUT2D eigenvalue weighted by atomic mass is 32.1. The zero-order chi connectivity index (χ0) is 18.6. The SMILES string of the molecule is C=CC(=O)Nc1ccc(C(=O)NC(C)c2nc(C(F)(F)F)cs2)cc1. The zero-order valence-electron chi connectivity index (χ0n) is 13.1. The number of hydrogen-bond donors (Lipinski definition) is 2. The van der Waals surface area contributed by atoms with Crippen LogP contribution in [0.3, 0.4) is 0 Å². The van der Waals surface area contributed by atoms with Crippen molar-refractivity contribution in [3.63, 3.8) is 0 Å². The lowest BCUT2D eigenvalue weighted by Gasteiger charge is -2.12. The number of rotatable bonds is 5. The van der Waals surface area contributed by atoms with Crippen LogP contribution in [0.15, 0.2) is 42.3 Å². The Labute approximate surface area is 145 Å². The Balaban J connectivity index is 2.02. The normalized spacial score (nSPS) is 12.3. The van der Waals surface area contributed by atoms with Gasteiger partial charge in [-0.1, -0.05) is 6.58 Å². The van der Waals surface area contributed by atoms with Crippen molar-refractivity contribution >= 4 is 28.8 Å². The summed E-state index contributed by atoms with van der Waals surface area (Å²) in [5.74, 6) is -0.840. The number of anilines is 1. The van der Waals surface area contributed by atoms with Gasteiger partial charge in [-0.2, -0.15) is 13.2 Å². The molecule has 132 valence electrons. The number of benzene rings is 1. The van der Waals surface area contributed by atoms with E-state index in [0.29, 0.717) is 11.3 Å². The molecule has 5 nitrogen and oxygen atoms in total. The van der Waals surface area contributed by atoms with E-state index in [1.165, 1.54) is 24.3 Å². The van der Waals surface area contributed by atoms with E-state index in [0.717, 1.165) is 22.8 Å². The van der Waals surface area contributed by atoms with E-state index >= 15 is 0 Å². The van der Waals surface area contributed by atoms with Crippen molar-refractivity contribution in [2.45, 2.75) is 19.1 Å². The van der Waals surface area contributed by atoms with Gasteiger partial charge in [0.25, 0.3) is 5.91 Å². The van der Waals surface area contributed by atoms with Gasteiger partial charge >= 0.3 is 6.18 Å². The highest BCUT2D eigenvalue weighted by Crippen LogP contribution is 2.31. The number of nitrogens with zero attached hydrogens (tertiary/aromatic N) is 1. The molecule has 2 N–H and O–H groups in total. The second kappa shape index (κ2) is 7.47. The van der Waals surface area contributed by atoms with Crippen molar-refractivity contribution in [1.29, 1.82) is 0 Å². The number of aromatic nitrogens is 1. The van der Waals surface area contributed by atoms with E-state index < -0.39 is 23.8 Å². The molecule has 0 aliphatic heterocycles. The number of halogens is 3. The van der Waals surface area contributed by atoms with Crippen LogP contribution in [0.2, 0.25) is 0 Å². The van der Waals surface area contributed by atoms with Gasteiger partial charge in [0.1, 0.15) is 5.01 Å². The monoisotopic (exact) mass is 369 g/mol. The van der Waals surface area contributed by atoms with Crippen molar-refractivity contribution in [3.05, 3.63) is 58.6 Å². The fourth-order valence-corrected chi connectivity index (χ4v) is 2.69. The molecule has 1 aromatic carbocycles. The van der Waals surface area contributed by atoms with Crippen LogP contribution >= 0.6 is 11.3 Å². The first-order chi connectivity index (χ1) is 11.7. The molecule has 0 spiro atoms. The third-order valence-electron chi connectivity index (χ3n) is 3.13. The van der Waals surface area contributed by atoms with Crippen LogP contribution in [-0.2, 0) is 11.0 Å². The minimum Gasteiger partial charge on any atom is -0.343 e. The number of thiazole rings is 1. The molecule has 2 rings (SSSR count). The molecular formula is C16H14F3N3O2S. The molecule has 1 unspecified atom stereocenters. The average molecular weight is 369 g/mol. The molecule has 1 heterocycles. The second-order valence-electron chi connectivity index (χ2n) is 5.03. The van der Waals surface area contributed by atoms with Gasteiger partial charge in [0.05, 0.1) is 6.04 Å². The summed E-state index contributed by atoms with van der Waals surface area (Å²) in [6, 6.07) is 5.37. The van der Waals surface area contributed by atoms with E-state index in [1.54, 1.807) is 6.92 Å². The maximum atomic E-state index is 12.6. The first kappa shape index (κ1) is 18.7. The number of hydrogen-bond acceptors (Lipinski definition) is 4. The van der Waals surface area contributed by atoms with Crippen LogP contribution in [-0.4, -0.2) is 16.8 Å². The van der Waals surface area contributed by atoms with Gasteiger partial charge in [0.15, 0.2) is 5.69 Å². The zero-order valence-corrected chi connectivity index (χ0v) is 13.9. The highest BCUT2D eigenvalue weighted by molar-refractivity contribution is 7.09. The number of carbonyl (C=O) groups excluding carboxylic acids is 2. The summed E-state index contributed by atoms with van der Waals surface area (Å²) in [4.78, 5) is 26.8. The molecule has 1 atom stereocenters. The van der Waals surface area contributed by atoms with Crippen molar-refractivity contribution in [3.8, 4) is 0 Å². The van der Waals surface area contributed by atoms with E-state index in [2.05, 4.69) is 22.2 Å². The van der Waals surface area contributed by atoms with Crippen LogP contribution in [0.5, 0.6) is 0 Å². The molecule has 0 saturated carbocycles. The number of alkyl halides is 3. The quantitative estimate of drug-likeness (QED) is 0.788. The molecule has 25 heavy (non-hydrogen) atoms. The Morgan fingerprint density at radius 2 is 1.92 bits per heavy atom. The summed E-state index contributed by atoms with van der Waals surface area (Å²) < 4.78 is 37.7. The molecule has 0 fully saturated rings. The van der Waals surface area contributed by atoms with E-state index in [1.807, 2.05) is 0 Å². The standard InChI is InChI=1S/C16H14F3N3O2S/c1-3-13(23)21-11-6-4-10(5-7-11)14(24)20-9(2)15-22-12(8-25-15)16(17,18)19/h3-9H,1H2,2H3,(H,20,24)(H,21,23). The Hall–Kier alpha value is -2.68. The first-order valence-corrected chi connectivity index (χ1v) is 7.95. The summed E-state index contributed by atoms with van der Waals surface area (Å²) in [5.41, 5.74) is -0.184. The number of nitrogens with one attached hydrogen (secondary N) is 2. The molecular weight excluding hydrogens is 355 g/mol. The van der Waals surface area contributed by atoms with E-state index in [-0.39, 0.29) is 10.9 Å². The highest BCUT2D eigenvalue weighted by Gasteiger charge is 2.34. The van der Waals surface area contributed by atoms with Gasteiger partial charge in [0.2, 0.25) is 5.91 Å². The minimum absolute atomic E-state index is 0.163.